The molecule has 0 unspecified atom stereocenters. The average Bonchev–Trinajstić information content (AvgIpc) is 3.18. The fourth-order valence-corrected chi connectivity index (χ4v) is 3.21. The van der Waals surface area contributed by atoms with Gasteiger partial charge in [-0.1, -0.05) is 18.2 Å². The number of phenols is 1. The topological polar surface area (TPSA) is 50.9 Å². The molecule has 1 aromatic carbocycles. The van der Waals surface area contributed by atoms with Crippen LogP contribution >= 0.6 is 11.3 Å². The number of hydrogen-bond donors (Lipinski definition) is 1. The van der Waals surface area contributed by atoms with Crippen molar-refractivity contribution in [2.45, 2.75) is 6.54 Å². The van der Waals surface area contributed by atoms with Crippen LogP contribution in [0.1, 0.15) is 5.56 Å². The van der Waals surface area contributed by atoms with Crippen molar-refractivity contribution in [1.82, 2.24) is 14.5 Å². The summed E-state index contributed by atoms with van der Waals surface area (Å²) in [6, 6.07) is 15.2. The van der Waals surface area contributed by atoms with Crippen molar-refractivity contribution < 1.29 is 5.11 Å². The van der Waals surface area contributed by atoms with E-state index >= 15 is 0 Å². The van der Waals surface area contributed by atoms with Gasteiger partial charge in [0.05, 0.1) is 11.4 Å². The molecule has 0 aliphatic carbocycles. The van der Waals surface area contributed by atoms with Crippen LogP contribution in [0.4, 0.5) is 0 Å². The van der Waals surface area contributed by atoms with Gasteiger partial charge in [-0.25, -0.2) is 9.97 Å². The highest BCUT2D eigenvalue weighted by molar-refractivity contribution is 7.13. The van der Waals surface area contributed by atoms with Gasteiger partial charge in [-0.3, -0.25) is 0 Å². The van der Waals surface area contributed by atoms with Crippen molar-refractivity contribution in [3.05, 3.63) is 65.7 Å². The number of rotatable bonds is 3. The van der Waals surface area contributed by atoms with E-state index in [4.69, 9.17) is 4.98 Å². The number of aromatic hydroxyl groups is 1. The van der Waals surface area contributed by atoms with Gasteiger partial charge >= 0.3 is 0 Å². The zero-order chi connectivity index (χ0) is 14.9. The Morgan fingerprint density at radius 1 is 1.05 bits per heavy atom. The summed E-state index contributed by atoms with van der Waals surface area (Å²) in [5, 5.41) is 11.5. The van der Waals surface area contributed by atoms with E-state index in [2.05, 4.69) is 15.6 Å². The molecule has 0 bridgehead atoms. The molecular formula is C17H13N3OS. The third kappa shape index (κ3) is 2.25. The van der Waals surface area contributed by atoms with Crippen LogP contribution in [0.25, 0.3) is 21.9 Å². The van der Waals surface area contributed by atoms with E-state index in [1.807, 2.05) is 35.7 Å². The van der Waals surface area contributed by atoms with Crippen LogP contribution in [0.5, 0.6) is 5.75 Å². The third-order valence-corrected chi connectivity index (χ3v) is 4.39. The van der Waals surface area contributed by atoms with Crippen molar-refractivity contribution in [3.63, 3.8) is 0 Å². The summed E-state index contributed by atoms with van der Waals surface area (Å²) in [5.41, 5.74) is 2.87. The summed E-state index contributed by atoms with van der Waals surface area (Å²) in [6.07, 6.45) is 1.79. The number of pyridine rings is 1. The molecule has 4 nitrogen and oxygen atoms in total. The van der Waals surface area contributed by atoms with Gasteiger partial charge in [0.25, 0.3) is 0 Å². The third-order valence-electron chi connectivity index (χ3n) is 3.52. The summed E-state index contributed by atoms with van der Waals surface area (Å²) < 4.78 is 2.12. The molecule has 0 radical (unpaired) electrons. The predicted molar refractivity (Wildman–Crippen MR) is 88.0 cm³/mol. The van der Waals surface area contributed by atoms with Crippen molar-refractivity contribution in [1.29, 1.82) is 0 Å². The van der Waals surface area contributed by atoms with Crippen LogP contribution < -0.4 is 0 Å². The minimum atomic E-state index is 0.274. The molecule has 0 saturated heterocycles. The van der Waals surface area contributed by atoms with Gasteiger partial charge in [0.2, 0.25) is 0 Å². The molecule has 108 valence electrons. The SMILES string of the molecule is Oc1ccc(Cn2c(-c3cccs3)nc3cccnc32)cc1. The molecule has 0 aliphatic rings. The summed E-state index contributed by atoms with van der Waals surface area (Å²) >= 11 is 1.67. The first-order valence-corrected chi connectivity index (χ1v) is 7.82. The number of nitrogens with zero attached hydrogens (tertiary/aromatic N) is 3. The fraction of sp³-hybridized carbons (Fsp3) is 0.0588. The van der Waals surface area contributed by atoms with E-state index in [9.17, 15) is 5.11 Å². The Morgan fingerprint density at radius 2 is 1.91 bits per heavy atom. The van der Waals surface area contributed by atoms with Gasteiger partial charge in [-0.2, -0.15) is 0 Å². The molecule has 1 N–H and O–H groups in total. The molecule has 0 spiro atoms. The van der Waals surface area contributed by atoms with E-state index in [1.165, 1.54) is 0 Å². The first-order chi connectivity index (χ1) is 10.8. The lowest BCUT2D eigenvalue weighted by Gasteiger charge is -2.08. The zero-order valence-corrected chi connectivity index (χ0v) is 12.5. The van der Waals surface area contributed by atoms with Gasteiger partial charge in [-0.05, 0) is 41.3 Å². The van der Waals surface area contributed by atoms with E-state index in [1.54, 1.807) is 29.7 Å². The molecule has 3 aromatic heterocycles. The first-order valence-electron chi connectivity index (χ1n) is 6.94. The van der Waals surface area contributed by atoms with Crippen LogP contribution in [0.15, 0.2) is 60.1 Å². The average molecular weight is 307 g/mol. The smallest absolute Gasteiger partial charge is 0.160 e. The number of imidazole rings is 1. The molecular weight excluding hydrogens is 294 g/mol. The summed E-state index contributed by atoms with van der Waals surface area (Å²) in [5.74, 6) is 1.20. The van der Waals surface area contributed by atoms with E-state index in [0.29, 0.717) is 6.54 Å². The van der Waals surface area contributed by atoms with Crippen LogP contribution in [0.3, 0.4) is 0 Å². The van der Waals surface area contributed by atoms with Crippen LogP contribution in [0, 0.1) is 0 Å². The molecule has 5 heteroatoms. The highest BCUT2D eigenvalue weighted by Gasteiger charge is 2.14. The Bertz CT molecular complexity index is 911. The zero-order valence-electron chi connectivity index (χ0n) is 11.7. The van der Waals surface area contributed by atoms with Crippen molar-refractivity contribution in [3.8, 4) is 16.5 Å². The number of fused-ring (bicyclic) bond motifs is 1. The second-order valence-corrected chi connectivity index (χ2v) is 5.96. The van der Waals surface area contributed by atoms with Gasteiger partial charge in [0, 0.05) is 6.20 Å². The summed E-state index contributed by atoms with van der Waals surface area (Å²) in [7, 11) is 0. The van der Waals surface area contributed by atoms with Gasteiger partial charge in [0.1, 0.15) is 11.3 Å². The van der Waals surface area contributed by atoms with E-state index in [0.717, 1.165) is 27.4 Å². The van der Waals surface area contributed by atoms with Crippen LogP contribution in [-0.4, -0.2) is 19.6 Å². The monoisotopic (exact) mass is 307 g/mol. The maximum atomic E-state index is 9.43. The number of hydrogen-bond acceptors (Lipinski definition) is 4. The summed E-state index contributed by atoms with van der Waals surface area (Å²) in [6.45, 7) is 0.668. The number of benzene rings is 1. The van der Waals surface area contributed by atoms with Crippen LogP contribution in [0.2, 0.25) is 0 Å². The molecule has 0 fully saturated rings. The van der Waals surface area contributed by atoms with Crippen molar-refractivity contribution in [2.24, 2.45) is 0 Å². The maximum absolute atomic E-state index is 9.43. The lowest BCUT2D eigenvalue weighted by atomic mass is 10.2. The standard InChI is InChI=1S/C17H13N3OS/c21-13-7-5-12(6-8-13)11-20-16-14(3-1-9-18-16)19-17(20)15-4-2-10-22-15/h1-10,21H,11H2. The highest BCUT2D eigenvalue weighted by atomic mass is 32.1. The van der Waals surface area contributed by atoms with Crippen molar-refractivity contribution >= 4 is 22.5 Å². The Balaban J connectivity index is 1.87. The summed E-state index contributed by atoms with van der Waals surface area (Å²) in [4.78, 5) is 10.3. The molecule has 0 aliphatic heterocycles. The molecule has 22 heavy (non-hydrogen) atoms. The predicted octanol–water partition coefficient (Wildman–Crippen LogP) is 3.91. The molecule has 3 heterocycles. The fourth-order valence-electron chi connectivity index (χ4n) is 2.49. The normalized spacial score (nSPS) is 11.1. The van der Waals surface area contributed by atoms with Gasteiger partial charge in [0.15, 0.2) is 11.5 Å². The maximum Gasteiger partial charge on any atom is 0.160 e. The van der Waals surface area contributed by atoms with Crippen molar-refractivity contribution in [2.75, 3.05) is 0 Å². The van der Waals surface area contributed by atoms with E-state index in [-0.39, 0.29) is 5.75 Å². The highest BCUT2D eigenvalue weighted by Crippen LogP contribution is 2.28. The van der Waals surface area contributed by atoms with Gasteiger partial charge in [-0.15, -0.1) is 11.3 Å². The van der Waals surface area contributed by atoms with Gasteiger partial charge < -0.3 is 9.67 Å². The molecule has 0 atom stereocenters. The molecule has 0 amide bonds. The minimum Gasteiger partial charge on any atom is -0.508 e. The van der Waals surface area contributed by atoms with Crippen LogP contribution in [-0.2, 0) is 6.54 Å². The lowest BCUT2D eigenvalue weighted by Crippen LogP contribution is -2.02. The Hall–Kier alpha value is -2.66. The molecule has 4 rings (SSSR count). The minimum absolute atomic E-state index is 0.274. The number of phenolic OH excluding ortho intramolecular Hbond substituents is 1. The number of aromatic nitrogens is 3. The quantitative estimate of drug-likeness (QED) is 0.624. The second-order valence-electron chi connectivity index (χ2n) is 5.01. The Labute approximate surface area is 131 Å². The Kier molecular flexibility index (Phi) is 3.12. The molecule has 0 saturated carbocycles. The second kappa shape index (κ2) is 5.27. The lowest BCUT2D eigenvalue weighted by molar-refractivity contribution is 0.475. The largest absolute Gasteiger partial charge is 0.508 e. The Morgan fingerprint density at radius 3 is 2.68 bits per heavy atom. The number of thiophene rings is 1. The first kappa shape index (κ1) is 13.0. The van der Waals surface area contributed by atoms with E-state index < -0.39 is 0 Å². The molecule has 4 aromatic rings.